The monoisotopic (exact) mass is 584 g/mol. The SMILES string of the molecule is COC[C@@H]1CN(c2ccc3nc4n(c3c2)C[C@@H]2CC[C@H](COc3c(c(C)nn3C)-c3cc(cc(C)n3)C(=O)N4)C2)CCN1. The molecule has 1 amide bonds. The number of benzene rings is 1. The van der Waals surface area contributed by atoms with Gasteiger partial charge in [0.05, 0.1) is 41.2 Å². The Balaban J connectivity index is 1.29. The van der Waals surface area contributed by atoms with E-state index >= 15 is 0 Å². The molecule has 1 saturated carbocycles. The number of carbonyl (C=O) groups is 1. The summed E-state index contributed by atoms with van der Waals surface area (Å²) in [5, 5.41) is 11.3. The number of hydrogen-bond acceptors (Lipinski definition) is 8. The van der Waals surface area contributed by atoms with Crippen LogP contribution < -0.4 is 20.3 Å². The van der Waals surface area contributed by atoms with Gasteiger partial charge in [-0.05, 0) is 75.3 Å². The average molecular weight is 585 g/mol. The summed E-state index contributed by atoms with van der Waals surface area (Å²) in [5.41, 5.74) is 6.71. The Morgan fingerprint density at radius 2 is 1.95 bits per heavy atom. The number of piperazine rings is 1. The molecule has 2 fully saturated rings. The molecule has 4 aromatic rings. The van der Waals surface area contributed by atoms with Crippen molar-refractivity contribution in [3.8, 4) is 17.1 Å². The fraction of sp³-hybridized carbons (Fsp3) is 0.500. The molecule has 2 aliphatic heterocycles. The minimum absolute atomic E-state index is 0.212. The summed E-state index contributed by atoms with van der Waals surface area (Å²) < 4.78 is 15.9. The van der Waals surface area contributed by atoms with Gasteiger partial charge in [0.2, 0.25) is 11.8 Å². The van der Waals surface area contributed by atoms with Gasteiger partial charge in [-0.3, -0.25) is 15.1 Å². The molecule has 11 nitrogen and oxygen atoms in total. The molecule has 0 unspecified atom stereocenters. The van der Waals surface area contributed by atoms with Crippen LogP contribution in [0.1, 0.15) is 41.0 Å². The second-order valence-corrected chi connectivity index (χ2v) is 12.4. The number of rotatable bonds is 3. The maximum Gasteiger partial charge on any atom is 0.258 e. The van der Waals surface area contributed by atoms with Gasteiger partial charge in [0, 0.05) is 63.3 Å². The van der Waals surface area contributed by atoms with Crippen LogP contribution >= 0.6 is 0 Å². The smallest absolute Gasteiger partial charge is 0.258 e. The van der Waals surface area contributed by atoms with E-state index in [1.165, 1.54) is 0 Å². The van der Waals surface area contributed by atoms with Crippen LogP contribution in [-0.2, 0) is 18.3 Å². The Bertz CT molecular complexity index is 1670. The number of carbonyl (C=O) groups excluding carboxylic acids is 1. The van der Waals surface area contributed by atoms with Crippen molar-refractivity contribution in [3.63, 3.8) is 0 Å². The van der Waals surface area contributed by atoms with Gasteiger partial charge in [-0.1, -0.05) is 0 Å². The Morgan fingerprint density at radius 3 is 2.81 bits per heavy atom. The molecule has 4 bridgehead atoms. The van der Waals surface area contributed by atoms with E-state index in [0.717, 1.165) is 79.1 Å². The fourth-order valence-corrected chi connectivity index (χ4v) is 7.11. The second kappa shape index (κ2) is 11.3. The quantitative estimate of drug-likeness (QED) is 0.373. The lowest BCUT2D eigenvalue weighted by atomic mass is 10.1. The molecule has 3 atom stereocenters. The van der Waals surface area contributed by atoms with Crippen molar-refractivity contribution in [1.29, 1.82) is 0 Å². The highest BCUT2D eigenvalue weighted by Gasteiger charge is 2.30. The van der Waals surface area contributed by atoms with Crippen LogP contribution in [-0.4, -0.2) is 76.2 Å². The average Bonchev–Trinajstić information content (AvgIpc) is 3.66. The number of methoxy groups -OCH3 is 1. The standard InChI is InChI=1S/C32H40N8O3/c1-19-11-23-13-27(34-19)29-20(2)37-38(3)31(29)43-17-22-6-5-21(12-22)15-40-28-14-25(39-10-9-33-24(16-39)18-42-4)7-8-26(28)35-32(40)36-30(23)41/h7-8,11,13-14,21-22,24,33H,5-6,9-10,12,15-18H2,1-4H3,(H,35,36,41)/t21-,22+,24+/m1/s1. The van der Waals surface area contributed by atoms with Gasteiger partial charge in [-0.15, -0.1) is 0 Å². The van der Waals surface area contributed by atoms with E-state index in [0.29, 0.717) is 48.1 Å². The van der Waals surface area contributed by atoms with Gasteiger partial charge in [0.1, 0.15) is 0 Å². The van der Waals surface area contributed by atoms with E-state index in [9.17, 15) is 4.79 Å². The molecule has 1 saturated heterocycles. The van der Waals surface area contributed by atoms with Crippen molar-refractivity contribution in [2.24, 2.45) is 18.9 Å². The van der Waals surface area contributed by atoms with Crippen LogP contribution in [0.2, 0.25) is 0 Å². The number of nitrogens with one attached hydrogen (secondary N) is 2. The number of fused-ring (bicyclic) bond motifs is 9. The van der Waals surface area contributed by atoms with Crippen LogP contribution in [0.15, 0.2) is 30.3 Å². The predicted octanol–water partition coefficient (Wildman–Crippen LogP) is 3.93. The largest absolute Gasteiger partial charge is 0.477 e. The number of anilines is 2. The van der Waals surface area contributed by atoms with Gasteiger partial charge in [-0.25, -0.2) is 9.67 Å². The number of aryl methyl sites for hydroxylation is 3. The first-order chi connectivity index (χ1) is 20.9. The van der Waals surface area contributed by atoms with Crippen molar-refractivity contribution in [2.45, 2.75) is 45.7 Å². The Hall–Kier alpha value is -3.96. The highest BCUT2D eigenvalue weighted by Crippen LogP contribution is 2.38. The van der Waals surface area contributed by atoms with Crippen molar-refractivity contribution in [2.75, 3.05) is 50.2 Å². The summed E-state index contributed by atoms with van der Waals surface area (Å²) in [7, 11) is 3.65. The molecule has 2 N–H and O–H groups in total. The van der Waals surface area contributed by atoms with Gasteiger partial charge in [-0.2, -0.15) is 5.10 Å². The fourth-order valence-electron chi connectivity index (χ4n) is 7.11. The van der Waals surface area contributed by atoms with E-state index in [4.69, 9.17) is 19.4 Å². The molecule has 43 heavy (non-hydrogen) atoms. The third kappa shape index (κ3) is 5.36. The van der Waals surface area contributed by atoms with E-state index < -0.39 is 0 Å². The summed E-state index contributed by atoms with van der Waals surface area (Å²) in [5.74, 6) is 1.97. The highest BCUT2D eigenvalue weighted by atomic mass is 16.5. The van der Waals surface area contributed by atoms with Crippen LogP contribution in [0.5, 0.6) is 5.88 Å². The molecule has 3 aromatic heterocycles. The maximum atomic E-state index is 13.8. The minimum Gasteiger partial charge on any atom is -0.477 e. The first kappa shape index (κ1) is 27.8. The number of amides is 1. The van der Waals surface area contributed by atoms with Crippen LogP contribution in [0.25, 0.3) is 22.3 Å². The van der Waals surface area contributed by atoms with Gasteiger partial charge in [0.25, 0.3) is 5.91 Å². The first-order valence-electron chi connectivity index (χ1n) is 15.3. The minimum atomic E-state index is -0.212. The summed E-state index contributed by atoms with van der Waals surface area (Å²) in [6, 6.07) is 10.4. The number of ether oxygens (including phenoxy) is 2. The maximum absolute atomic E-state index is 13.8. The lowest BCUT2D eigenvalue weighted by Crippen LogP contribution is -2.52. The van der Waals surface area contributed by atoms with Gasteiger partial charge < -0.3 is 24.3 Å². The zero-order valence-corrected chi connectivity index (χ0v) is 25.4. The summed E-state index contributed by atoms with van der Waals surface area (Å²) >= 11 is 0. The molecule has 1 aliphatic carbocycles. The number of imidazole rings is 1. The molecule has 0 radical (unpaired) electrons. The third-order valence-electron chi connectivity index (χ3n) is 9.13. The normalized spacial score (nSPS) is 22.4. The Morgan fingerprint density at radius 1 is 1.09 bits per heavy atom. The van der Waals surface area contributed by atoms with E-state index in [-0.39, 0.29) is 11.9 Å². The lowest BCUT2D eigenvalue weighted by molar-refractivity contribution is 0.102. The van der Waals surface area contributed by atoms with Crippen LogP contribution in [0.3, 0.4) is 0 Å². The summed E-state index contributed by atoms with van der Waals surface area (Å²) in [6.07, 6.45) is 3.26. The second-order valence-electron chi connectivity index (χ2n) is 12.4. The van der Waals surface area contributed by atoms with Crippen LogP contribution in [0, 0.1) is 25.7 Å². The number of aromatic nitrogens is 5. The molecule has 1 aromatic carbocycles. The molecule has 0 spiro atoms. The summed E-state index contributed by atoms with van der Waals surface area (Å²) in [6.45, 7) is 8.67. The van der Waals surface area contributed by atoms with Crippen LogP contribution in [0.4, 0.5) is 11.6 Å². The summed E-state index contributed by atoms with van der Waals surface area (Å²) in [4.78, 5) is 26.0. The molecule has 11 heteroatoms. The lowest BCUT2D eigenvalue weighted by Gasteiger charge is -2.35. The topological polar surface area (TPSA) is 111 Å². The molecule has 5 heterocycles. The molecule has 3 aliphatic rings. The number of pyridine rings is 1. The third-order valence-corrected chi connectivity index (χ3v) is 9.13. The Kier molecular flexibility index (Phi) is 7.30. The predicted molar refractivity (Wildman–Crippen MR) is 166 cm³/mol. The number of hydrogen-bond donors (Lipinski definition) is 2. The highest BCUT2D eigenvalue weighted by molar-refractivity contribution is 6.05. The zero-order valence-electron chi connectivity index (χ0n) is 25.4. The van der Waals surface area contributed by atoms with E-state index in [2.05, 4.69) is 43.4 Å². The van der Waals surface area contributed by atoms with E-state index in [1.807, 2.05) is 33.0 Å². The van der Waals surface area contributed by atoms with Gasteiger partial charge in [0.15, 0.2) is 0 Å². The first-order valence-corrected chi connectivity index (χ1v) is 15.3. The van der Waals surface area contributed by atoms with Gasteiger partial charge >= 0.3 is 0 Å². The van der Waals surface area contributed by atoms with Crippen molar-refractivity contribution < 1.29 is 14.3 Å². The number of nitrogens with zero attached hydrogens (tertiary/aromatic N) is 6. The molecular weight excluding hydrogens is 544 g/mol. The molecule has 226 valence electrons. The molecule has 7 rings (SSSR count). The zero-order chi connectivity index (χ0) is 29.7. The van der Waals surface area contributed by atoms with Crippen molar-refractivity contribution >= 4 is 28.6 Å². The van der Waals surface area contributed by atoms with Crippen molar-refractivity contribution in [1.82, 2.24) is 29.6 Å². The molecular formula is C32H40N8O3. The van der Waals surface area contributed by atoms with Crippen molar-refractivity contribution in [3.05, 3.63) is 47.3 Å². The Labute approximate surface area is 251 Å². The van der Waals surface area contributed by atoms with E-state index in [1.54, 1.807) is 11.8 Å².